The largest absolute Gasteiger partial charge is 0.497 e. The van der Waals surface area contributed by atoms with Crippen molar-refractivity contribution in [1.29, 1.82) is 0 Å². The molecule has 0 radical (unpaired) electrons. The highest BCUT2D eigenvalue weighted by Gasteiger charge is 2.47. The minimum Gasteiger partial charge on any atom is -0.497 e. The van der Waals surface area contributed by atoms with Crippen molar-refractivity contribution in [2.75, 3.05) is 26.7 Å². The van der Waals surface area contributed by atoms with E-state index in [0.717, 1.165) is 30.8 Å². The highest BCUT2D eigenvalue weighted by atomic mass is 16.5. The van der Waals surface area contributed by atoms with Gasteiger partial charge in [0.25, 0.3) is 5.91 Å². The van der Waals surface area contributed by atoms with Crippen molar-refractivity contribution in [3.05, 3.63) is 59.9 Å². The zero-order valence-corrected chi connectivity index (χ0v) is 17.7. The fourth-order valence-corrected chi connectivity index (χ4v) is 6.07. The molecular formula is C25H31N3O2. The number of pyridine rings is 1. The van der Waals surface area contributed by atoms with Gasteiger partial charge in [0.15, 0.2) is 0 Å². The molecule has 3 aliphatic heterocycles. The van der Waals surface area contributed by atoms with Crippen LogP contribution in [0.3, 0.4) is 0 Å². The van der Waals surface area contributed by atoms with Crippen molar-refractivity contribution >= 4 is 5.91 Å². The fraction of sp³-hybridized carbons (Fsp3) is 0.520. The molecule has 4 atom stereocenters. The predicted molar refractivity (Wildman–Crippen MR) is 117 cm³/mol. The maximum atomic E-state index is 13.2. The predicted octanol–water partition coefficient (Wildman–Crippen LogP) is 3.65. The molecule has 3 fully saturated rings. The normalized spacial score (nSPS) is 28.6. The molecule has 1 aromatic heterocycles. The average Bonchev–Trinajstić information content (AvgIpc) is 2.82. The summed E-state index contributed by atoms with van der Waals surface area (Å²) >= 11 is 0. The third kappa shape index (κ3) is 3.71. The van der Waals surface area contributed by atoms with Crippen LogP contribution in [-0.2, 0) is 6.42 Å². The highest BCUT2D eigenvalue weighted by Crippen LogP contribution is 2.42. The van der Waals surface area contributed by atoms with E-state index < -0.39 is 0 Å². The minimum atomic E-state index is 0.163. The first-order valence-corrected chi connectivity index (χ1v) is 11.3. The molecule has 2 aromatic rings. The number of piperidine rings is 3. The molecule has 0 saturated carbocycles. The second kappa shape index (κ2) is 8.38. The maximum Gasteiger partial charge on any atom is 0.253 e. The number of ether oxygens (including phenoxy) is 1. The average molecular weight is 406 g/mol. The summed E-state index contributed by atoms with van der Waals surface area (Å²) in [6, 6.07) is 13.3. The van der Waals surface area contributed by atoms with E-state index in [9.17, 15) is 4.79 Å². The summed E-state index contributed by atoms with van der Waals surface area (Å²) in [6.07, 6.45) is 9.58. The molecule has 4 heterocycles. The Balaban J connectivity index is 1.41. The van der Waals surface area contributed by atoms with Crippen LogP contribution in [0.15, 0.2) is 48.8 Å². The monoisotopic (exact) mass is 405 g/mol. The van der Waals surface area contributed by atoms with Gasteiger partial charge in [-0.25, -0.2) is 0 Å². The van der Waals surface area contributed by atoms with Gasteiger partial charge < -0.3 is 9.64 Å². The lowest BCUT2D eigenvalue weighted by atomic mass is 9.71. The molecule has 158 valence electrons. The number of amides is 1. The number of benzene rings is 1. The summed E-state index contributed by atoms with van der Waals surface area (Å²) in [5.74, 6) is 2.21. The number of carbonyl (C=O) groups is 1. The highest BCUT2D eigenvalue weighted by molar-refractivity contribution is 5.94. The van der Waals surface area contributed by atoms with E-state index in [1.165, 1.54) is 37.8 Å². The van der Waals surface area contributed by atoms with Gasteiger partial charge in [0.05, 0.1) is 7.11 Å². The van der Waals surface area contributed by atoms with E-state index in [1.54, 1.807) is 19.5 Å². The Hall–Kier alpha value is -2.40. The van der Waals surface area contributed by atoms with Gasteiger partial charge >= 0.3 is 0 Å². The summed E-state index contributed by atoms with van der Waals surface area (Å²) in [6.45, 7) is 2.95. The fourth-order valence-electron chi connectivity index (χ4n) is 6.07. The third-order valence-corrected chi connectivity index (χ3v) is 7.42. The topological polar surface area (TPSA) is 45.7 Å². The molecule has 0 N–H and O–H groups in total. The summed E-state index contributed by atoms with van der Waals surface area (Å²) in [7, 11) is 1.73. The van der Waals surface area contributed by atoms with Gasteiger partial charge in [-0.2, -0.15) is 0 Å². The van der Waals surface area contributed by atoms with Gasteiger partial charge in [-0.3, -0.25) is 14.7 Å². The number of nitrogens with zero attached hydrogens (tertiary/aromatic N) is 3. The number of fused-ring (bicyclic) bond motifs is 4. The van der Waals surface area contributed by atoms with Crippen molar-refractivity contribution in [1.82, 2.24) is 14.8 Å². The number of carbonyl (C=O) groups excluding carboxylic acids is 1. The quantitative estimate of drug-likeness (QED) is 0.779. The van der Waals surface area contributed by atoms with Gasteiger partial charge in [-0.1, -0.05) is 18.6 Å². The van der Waals surface area contributed by atoms with Crippen molar-refractivity contribution in [2.45, 2.75) is 44.2 Å². The van der Waals surface area contributed by atoms with Crippen LogP contribution in [0.1, 0.15) is 41.6 Å². The van der Waals surface area contributed by atoms with E-state index in [0.29, 0.717) is 23.9 Å². The number of hydrogen-bond donors (Lipinski definition) is 0. The number of hydrogen-bond acceptors (Lipinski definition) is 4. The maximum absolute atomic E-state index is 13.2. The molecule has 3 saturated heterocycles. The Labute approximate surface area is 179 Å². The number of likely N-dealkylation sites (tertiary alicyclic amines) is 1. The van der Waals surface area contributed by atoms with Crippen LogP contribution in [0.25, 0.3) is 0 Å². The lowest BCUT2D eigenvalue weighted by molar-refractivity contribution is -0.0642. The van der Waals surface area contributed by atoms with Gasteiger partial charge in [0, 0.05) is 43.1 Å². The van der Waals surface area contributed by atoms with Gasteiger partial charge in [-0.05, 0) is 73.9 Å². The van der Waals surface area contributed by atoms with Crippen LogP contribution in [-0.4, -0.2) is 59.5 Å². The van der Waals surface area contributed by atoms with Gasteiger partial charge in [0.2, 0.25) is 0 Å². The van der Waals surface area contributed by atoms with Crippen LogP contribution in [0.5, 0.6) is 5.75 Å². The van der Waals surface area contributed by atoms with E-state index in [1.807, 2.05) is 18.2 Å². The van der Waals surface area contributed by atoms with Crippen LogP contribution >= 0.6 is 0 Å². The van der Waals surface area contributed by atoms with E-state index >= 15 is 0 Å². The molecule has 0 unspecified atom stereocenters. The first-order valence-electron chi connectivity index (χ1n) is 11.3. The molecule has 1 aromatic carbocycles. The second-order valence-corrected chi connectivity index (χ2v) is 9.13. The van der Waals surface area contributed by atoms with Crippen molar-refractivity contribution in [2.24, 2.45) is 11.8 Å². The van der Waals surface area contributed by atoms with E-state index in [4.69, 9.17) is 4.74 Å². The lowest BCUT2D eigenvalue weighted by Gasteiger charge is -2.57. The van der Waals surface area contributed by atoms with Crippen molar-refractivity contribution in [3.63, 3.8) is 0 Å². The third-order valence-electron chi connectivity index (χ3n) is 7.42. The van der Waals surface area contributed by atoms with Crippen LogP contribution < -0.4 is 4.74 Å². The van der Waals surface area contributed by atoms with Gasteiger partial charge in [0.1, 0.15) is 5.75 Å². The molecule has 2 bridgehead atoms. The first-order chi connectivity index (χ1) is 14.7. The Bertz CT molecular complexity index is 887. The van der Waals surface area contributed by atoms with Crippen molar-refractivity contribution in [3.8, 4) is 5.75 Å². The molecule has 5 heteroatoms. The molecule has 0 aliphatic carbocycles. The van der Waals surface area contributed by atoms with E-state index in [2.05, 4.69) is 33.0 Å². The Morgan fingerprint density at radius 2 is 1.97 bits per heavy atom. The molecule has 0 spiro atoms. The van der Waals surface area contributed by atoms with Crippen LogP contribution in [0.2, 0.25) is 0 Å². The molecular weight excluding hydrogens is 374 g/mol. The van der Waals surface area contributed by atoms with Crippen LogP contribution in [0.4, 0.5) is 0 Å². The summed E-state index contributed by atoms with van der Waals surface area (Å²) in [4.78, 5) is 22.2. The minimum absolute atomic E-state index is 0.163. The Morgan fingerprint density at radius 3 is 2.80 bits per heavy atom. The van der Waals surface area contributed by atoms with Crippen LogP contribution in [0, 0.1) is 11.8 Å². The summed E-state index contributed by atoms with van der Waals surface area (Å²) < 4.78 is 5.46. The number of aromatic nitrogens is 1. The summed E-state index contributed by atoms with van der Waals surface area (Å²) in [5.41, 5.74) is 2.09. The summed E-state index contributed by atoms with van der Waals surface area (Å²) in [5, 5.41) is 0. The number of methoxy groups -OCH3 is 1. The van der Waals surface area contributed by atoms with E-state index in [-0.39, 0.29) is 5.91 Å². The standard InChI is InChI=1S/C25H31N3O2/c1-30-22-6-4-5-18(13-22)14-24-21-15-20(23-7-2-3-12-28(23)24)16-27(17-21)25(29)19-8-10-26-11-9-19/h4-6,8-11,13,20-21,23-24H,2-3,7,12,14-17H2,1H3/t20-,21+,23+,24+/m1/s1. The molecule has 5 nitrogen and oxygen atoms in total. The SMILES string of the molecule is COc1cccc(C[C@H]2[C@H]3C[C@H](CN(C(=O)c4ccncc4)C3)[C@@H]3CCCCN32)c1. The van der Waals surface area contributed by atoms with Gasteiger partial charge in [-0.15, -0.1) is 0 Å². The zero-order valence-electron chi connectivity index (χ0n) is 17.7. The molecule has 1 amide bonds. The molecule has 30 heavy (non-hydrogen) atoms. The number of rotatable bonds is 4. The molecule has 5 rings (SSSR count). The Morgan fingerprint density at radius 1 is 1.13 bits per heavy atom. The van der Waals surface area contributed by atoms with Crippen molar-refractivity contribution < 1.29 is 9.53 Å². The first kappa shape index (κ1) is 19.6. The Kier molecular flexibility index (Phi) is 5.47. The molecule has 3 aliphatic rings. The second-order valence-electron chi connectivity index (χ2n) is 9.13. The zero-order chi connectivity index (χ0) is 20.5. The lowest BCUT2D eigenvalue weighted by Crippen LogP contribution is -2.64. The smallest absolute Gasteiger partial charge is 0.253 e.